The third kappa shape index (κ3) is 2.43. The van der Waals surface area contributed by atoms with Crippen molar-refractivity contribution in [2.75, 3.05) is 7.11 Å². The first-order valence-corrected chi connectivity index (χ1v) is 6.17. The highest BCUT2D eigenvalue weighted by Gasteiger charge is 2.14. The summed E-state index contributed by atoms with van der Waals surface area (Å²) in [6.45, 7) is 0. The molecule has 5 nitrogen and oxygen atoms in total. The highest BCUT2D eigenvalue weighted by atomic mass is 79.9. The topological polar surface area (TPSA) is 64.1 Å². The molecule has 0 aliphatic rings. The number of H-pyrrole nitrogens is 1. The summed E-state index contributed by atoms with van der Waals surface area (Å²) in [7, 11) is 1.43. The molecule has 19 heavy (non-hydrogen) atoms. The first-order chi connectivity index (χ1) is 8.95. The minimum atomic E-state index is -1.22. The van der Waals surface area contributed by atoms with E-state index in [2.05, 4.69) is 15.9 Å². The average Bonchev–Trinajstić information content (AvgIpc) is 2.38. The molecule has 0 atom stereocenters. The highest BCUT2D eigenvalue weighted by Crippen LogP contribution is 2.26. The Morgan fingerprint density at radius 3 is 2.74 bits per heavy atom. The van der Waals surface area contributed by atoms with Gasteiger partial charge in [-0.3, -0.25) is 9.78 Å². The molecule has 0 aliphatic heterocycles. The fourth-order valence-electron chi connectivity index (χ4n) is 1.51. The Bertz CT molecular complexity index is 757. The standard InChI is InChI=1S/C11H7BrClFN2O3/c1-19-7-4-5(2-3-6(7)12)16-10(17)8(14)9(13)15-11(16)18/h2-4H,1H3,(H,15,18). The summed E-state index contributed by atoms with van der Waals surface area (Å²) in [6.07, 6.45) is 0. The number of hydrogen-bond acceptors (Lipinski definition) is 3. The quantitative estimate of drug-likeness (QED) is 0.845. The van der Waals surface area contributed by atoms with Gasteiger partial charge in [-0.25, -0.2) is 9.36 Å². The fraction of sp³-hybridized carbons (Fsp3) is 0.0909. The molecule has 1 heterocycles. The Hall–Kier alpha value is -1.60. The number of ether oxygens (including phenoxy) is 1. The lowest BCUT2D eigenvalue weighted by molar-refractivity contribution is 0.412. The normalized spacial score (nSPS) is 10.5. The number of hydrogen-bond donors (Lipinski definition) is 1. The first-order valence-electron chi connectivity index (χ1n) is 5.00. The molecule has 0 saturated carbocycles. The van der Waals surface area contributed by atoms with Crippen molar-refractivity contribution in [2.24, 2.45) is 0 Å². The molecule has 1 N–H and O–H groups in total. The van der Waals surface area contributed by atoms with Crippen molar-refractivity contribution in [3.63, 3.8) is 0 Å². The zero-order valence-electron chi connectivity index (χ0n) is 9.54. The van der Waals surface area contributed by atoms with Crippen LogP contribution in [-0.2, 0) is 0 Å². The lowest BCUT2D eigenvalue weighted by Gasteiger charge is -2.08. The maximum Gasteiger partial charge on any atom is 0.334 e. The summed E-state index contributed by atoms with van der Waals surface area (Å²) in [5, 5.41) is -0.615. The summed E-state index contributed by atoms with van der Waals surface area (Å²) in [5.41, 5.74) is -1.79. The minimum absolute atomic E-state index is 0.168. The zero-order chi connectivity index (χ0) is 14.2. The van der Waals surface area contributed by atoms with Gasteiger partial charge >= 0.3 is 5.69 Å². The maximum atomic E-state index is 13.4. The smallest absolute Gasteiger partial charge is 0.334 e. The van der Waals surface area contributed by atoms with Gasteiger partial charge in [0, 0.05) is 6.07 Å². The van der Waals surface area contributed by atoms with Gasteiger partial charge in [0.15, 0.2) is 5.15 Å². The summed E-state index contributed by atoms with van der Waals surface area (Å²) in [6, 6.07) is 4.47. The van der Waals surface area contributed by atoms with E-state index < -0.39 is 22.2 Å². The number of methoxy groups -OCH3 is 1. The molecule has 0 aliphatic carbocycles. The Balaban J connectivity index is 2.76. The predicted molar refractivity (Wildman–Crippen MR) is 71.9 cm³/mol. The highest BCUT2D eigenvalue weighted by molar-refractivity contribution is 9.10. The molecule has 0 fully saturated rings. The van der Waals surface area contributed by atoms with Crippen LogP contribution in [0, 0.1) is 5.82 Å². The number of nitrogens with zero attached hydrogens (tertiary/aromatic N) is 1. The SMILES string of the molecule is COc1cc(-n2c(=O)[nH]c(Cl)c(F)c2=O)ccc1Br. The van der Waals surface area contributed by atoms with Crippen molar-refractivity contribution >= 4 is 27.5 Å². The molecule has 0 bridgehead atoms. The van der Waals surface area contributed by atoms with Gasteiger partial charge in [0.05, 0.1) is 17.3 Å². The van der Waals surface area contributed by atoms with Gasteiger partial charge in [-0.05, 0) is 28.1 Å². The number of halogens is 3. The molecule has 0 amide bonds. The lowest BCUT2D eigenvalue weighted by Crippen LogP contribution is -2.35. The van der Waals surface area contributed by atoms with Crippen molar-refractivity contribution < 1.29 is 9.13 Å². The monoisotopic (exact) mass is 348 g/mol. The summed E-state index contributed by atoms with van der Waals surface area (Å²) in [5.74, 6) is -0.817. The maximum absolute atomic E-state index is 13.4. The second kappa shape index (κ2) is 5.18. The molecule has 0 unspecified atom stereocenters. The molecular formula is C11H7BrClFN2O3. The molecule has 1 aromatic carbocycles. The van der Waals surface area contributed by atoms with Gasteiger partial charge in [0.1, 0.15) is 5.75 Å². The van der Waals surface area contributed by atoms with Crippen molar-refractivity contribution in [2.45, 2.75) is 0 Å². The van der Waals surface area contributed by atoms with Gasteiger partial charge in [0.25, 0.3) is 5.56 Å². The molecule has 2 aromatic rings. The van der Waals surface area contributed by atoms with Gasteiger partial charge in [-0.15, -0.1) is 0 Å². The molecule has 100 valence electrons. The van der Waals surface area contributed by atoms with E-state index in [0.717, 1.165) is 0 Å². The Morgan fingerprint density at radius 2 is 2.11 bits per heavy atom. The molecule has 0 spiro atoms. The molecular weight excluding hydrogens is 342 g/mol. The second-order valence-electron chi connectivity index (χ2n) is 3.52. The van der Waals surface area contributed by atoms with Crippen LogP contribution in [0.3, 0.4) is 0 Å². The van der Waals surface area contributed by atoms with Crippen LogP contribution < -0.4 is 16.0 Å². The number of benzene rings is 1. The molecule has 2 rings (SSSR count). The van der Waals surface area contributed by atoms with Crippen LogP contribution in [0.15, 0.2) is 32.3 Å². The van der Waals surface area contributed by atoms with Crippen LogP contribution in [-0.4, -0.2) is 16.7 Å². The number of aromatic amines is 1. The van der Waals surface area contributed by atoms with Crippen molar-refractivity contribution in [3.05, 3.63) is 54.5 Å². The van der Waals surface area contributed by atoms with Gasteiger partial charge < -0.3 is 4.74 Å². The fourth-order valence-corrected chi connectivity index (χ4v) is 2.08. The van der Waals surface area contributed by atoms with E-state index in [1.54, 1.807) is 6.07 Å². The van der Waals surface area contributed by atoms with Crippen LogP contribution in [0.5, 0.6) is 5.75 Å². The van der Waals surface area contributed by atoms with Crippen molar-refractivity contribution in [1.29, 1.82) is 0 Å². The third-order valence-corrected chi connectivity index (χ3v) is 3.31. The number of rotatable bonds is 2. The van der Waals surface area contributed by atoms with Crippen molar-refractivity contribution in [1.82, 2.24) is 9.55 Å². The summed E-state index contributed by atoms with van der Waals surface area (Å²) in [4.78, 5) is 25.5. The number of nitrogens with one attached hydrogen (secondary N) is 1. The first kappa shape index (κ1) is 13.8. The lowest BCUT2D eigenvalue weighted by atomic mass is 10.3. The number of aromatic nitrogens is 2. The van der Waals surface area contributed by atoms with Gasteiger partial charge in [-0.1, -0.05) is 11.6 Å². The van der Waals surface area contributed by atoms with E-state index in [1.165, 1.54) is 19.2 Å². The summed E-state index contributed by atoms with van der Waals surface area (Å²) < 4.78 is 19.8. The van der Waals surface area contributed by atoms with E-state index in [9.17, 15) is 14.0 Å². The largest absolute Gasteiger partial charge is 0.495 e. The summed E-state index contributed by atoms with van der Waals surface area (Å²) >= 11 is 8.62. The van der Waals surface area contributed by atoms with Gasteiger partial charge in [0.2, 0.25) is 5.82 Å². The Labute approximate surface area is 119 Å². The molecule has 8 heteroatoms. The Morgan fingerprint density at radius 1 is 1.42 bits per heavy atom. The van der Waals surface area contributed by atoms with Crippen molar-refractivity contribution in [3.8, 4) is 11.4 Å². The van der Waals surface area contributed by atoms with Crippen LogP contribution in [0.4, 0.5) is 4.39 Å². The van der Waals surface area contributed by atoms with Crippen LogP contribution in [0.1, 0.15) is 0 Å². The second-order valence-corrected chi connectivity index (χ2v) is 4.75. The average molecular weight is 350 g/mol. The van der Waals surface area contributed by atoms with E-state index in [0.29, 0.717) is 14.8 Å². The third-order valence-electron chi connectivity index (χ3n) is 2.40. The molecule has 1 aromatic heterocycles. The Kier molecular flexibility index (Phi) is 3.77. The van der Waals surface area contributed by atoms with Gasteiger partial charge in [-0.2, -0.15) is 4.39 Å². The zero-order valence-corrected chi connectivity index (χ0v) is 11.9. The van der Waals surface area contributed by atoms with Crippen LogP contribution in [0.2, 0.25) is 5.15 Å². The predicted octanol–water partition coefficient (Wildman–Crippen LogP) is 2.09. The van der Waals surface area contributed by atoms with Crippen LogP contribution in [0.25, 0.3) is 5.69 Å². The molecule has 0 saturated heterocycles. The van der Waals surface area contributed by atoms with E-state index in [1.807, 2.05) is 4.98 Å². The van der Waals surface area contributed by atoms with E-state index in [4.69, 9.17) is 16.3 Å². The van der Waals surface area contributed by atoms with Crippen LogP contribution >= 0.6 is 27.5 Å². The molecule has 0 radical (unpaired) electrons. The minimum Gasteiger partial charge on any atom is -0.495 e. The van der Waals surface area contributed by atoms with E-state index in [-0.39, 0.29) is 5.69 Å². The van der Waals surface area contributed by atoms with E-state index >= 15 is 0 Å².